The molecule has 0 fully saturated rings. The predicted molar refractivity (Wildman–Crippen MR) is 72.0 cm³/mol. The number of rotatable bonds is 0. The Morgan fingerprint density at radius 3 is 3.11 bits per heavy atom. The zero-order valence-electron chi connectivity index (χ0n) is 9.72. The van der Waals surface area contributed by atoms with Crippen LogP contribution in [0.4, 0.5) is 10.5 Å². The van der Waals surface area contributed by atoms with Crippen molar-refractivity contribution in [1.29, 1.82) is 0 Å². The fraction of sp³-hybridized carbons (Fsp3) is 0.214. The predicted octanol–water partition coefficient (Wildman–Crippen LogP) is 3.24. The van der Waals surface area contributed by atoms with E-state index in [1.807, 2.05) is 23.1 Å². The molecule has 18 heavy (non-hydrogen) atoms. The third kappa shape index (κ3) is 1.26. The molecule has 0 bridgehead atoms. The number of benzene rings is 1. The second-order valence-corrected chi connectivity index (χ2v) is 5.62. The van der Waals surface area contributed by atoms with Gasteiger partial charge in [0.25, 0.3) is 0 Å². The molecule has 1 aromatic heterocycles. The Hall–Kier alpha value is -1.81. The third-order valence-electron chi connectivity index (χ3n) is 3.72. The van der Waals surface area contributed by atoms with Crippen molar-refractivity contribution < 1.29 is 4.79 Å². The highest BCUT2D eigenvalue weighted by atomic mass is 32.1. The van der Waals surface area contributed by atoms with Gasteiger partial charge in [0.1, 0.15) is 0 Å². The zero-order chi connectivity index (χ0) is 12.1. The molecule has 2 aliphatic heterocycles. The summed E-state index contributed by atoms with van der Waals surface area (Å²) in [5.41, 5.74) is 3.55. The summed E-state index contributed by atoms with van der Waals surface area (Å²) in [5, 5.41) is 5.10. The molecule has 0 saturated heterocycles. The fourth-order valence-corrected chi connectivity index (χ4v) is 3.95. The molecule has 1 N–H and O–H groups in total. The monoisotopic (exact) mass is 256 g/mol. The highest BCUT2D eigenvalue weighted by Gasteiger charge is 2.37. The number of thiophene rings is 1. The van der Waals surface area contributed by atoms with Gasteiger partial charge in [-0.25, -0.2) is 4.79 Å². The molecule has 90 valence electrons. The summed E-state index contributed by atoms with van der Waals surface area (Å²) in [7, 11) is 0. The van der Waals surface area contributed by atoms with Crippen LogP contribution in [-0.4, -0.2) is 17.5 Å². The molecule has 3 nitrogen and oxygen atoms in total. The summed E-state index contributed by atoms with van der Waals surface area (Å²) in [4.78, 5) is 15.4. The van der Waals surface area contributed by atoms with E-state index in [2.05, 4.69) is 22.8 Å². The molecule has 0 radical (unpaired) electrons. The van der Waals surface area contributed by atoms with Crippen molar-refractivity contribution >= 4 is 23.1 Å². The average Bonchev–Trinajstić information content (AvgIpc) is 2.86. The van der Waals surface area contributed by atoms with E-state index in [1.165, 1.54) is 16.0 Å². The van der Waals surface area contributed by atoms with Crippen LogP contribution < -0.4 is 5.32 Å². The highest BCUT2D eigenvalue weighted by molar-refractivity contribution is 7.10. The first kappa shape index (κ1) is 10.1. The molecule has 4 rings (SSSR count). The number of hydrogen-bond donors (Lipinski definition) is 1. The van der Waals surface area contributed by atoms with Gasteiger partial charge >= 0.3 is 6.03 Å². The Labute approximate surface area is 109 Å². The molecular weight excluding hydrogens is 244 g/mol. The van der Waals surface area contributed by atoms with Gasteiger partial charge in [0, 0.05) is 22.7 Å². The molecule has 2 aliphatic rings. The molecule has 0 aliphatic carbocycles. The normalized spacial score (nSPS) is 20.8. The van der Waals surface area contributed by atoms with E-state index in [1.54, 1.807) is 11.3 Å². The number of nitrogens with one attached hydrogen (secondary N) is 1. The van der Waals surface area contributed by atoms with Gasteiger partial charge < -0.3 is 10.2 Å². The van der Waals surface area contributed by atoms with Crippen molar-refractivity contribution in [2.75, 3.05) is 11.9 Å². The number of urea groups is 1. The van der Waals surface area contributed by atoms with Gasteiger partial charge in [0.05, 0.1) is 6.04 Å². The van der Waals surface area contributed by atoms with Gasteiger partial charge in [0.15, 0.2) is 0 Å². The molecule has 2 aromatic rings. The highest BCUT2D eigenvalue weighted by Crippen LogP contribution is 2.43. The molecule has 3 heterocycles. The second-order valence-electron chi connectivity index (χ2n) is 4.67. The number of nitrogens with zero attached hydrogens (tertiary/aromatic N) is 1. The number of carbonyl (C=O) groups excluding carboxylic acids is 1. The van der Waals surface area contributed by atoms with Crippen molar-refractivity contribution in [3.05, 3.63) is 51.7 Å². The Bertz CT molecular complexity index is 634. The van der Waals surface area contributed by atoms with E-state index in [4.69, 9.17) is 0 Å². The topological polar surface area (TPSA) is 32.3 Å². The van der Waals surface area contributed by atoms with Crippen LogP contribution in [0.15, 0.2) is 35.7 Å². The lowest BCUT2D eigenvalue weighted by molar-refractivity contribution is 0.192. The first-order valence-electron chi connectivity index (χ1n) is 6.07. The fourth-order valence-electron chi connectivity index (χ4n) is 2.87. The minimum Gasteiger partial charge on any atom is -0.312 e. The van der Waals surface area contributed by atoms with Gasteiger partial charge in [-0.1, -0.05) is 18.2 Å². The average molecular weight is 256 g/mol. The lowest BCUT2D eigenvalue weighted by Gasteiger charge is -2.40. The van der Waals surface area contributed by atoms with Gasteiger partial charge in [-0.2, -0.15) is 0 Å². The quantitative estimate of drug-likeness (QED) is 0.771. The molecule has 1 unspecified atom stereocenters. The van der Waals surface area contributed by atoms with E-state index < -0.39 is 0 Å². The molecular formula is C14H12N2OS. The van der Waals surface area contributed by atoms with Gasteiger partial charge in [-0.05, 0) is 29.5 Å². The van der Waals surface area contributed by atoms with Crippen LogP contribution in [0.25, 0.3) is 0 Å². The maximum Gasteiger partial charge on any atom is 0.322 e. The van der Waals surface area contributed by atoms with Crippen LogP contribution in [0.5, 0.6) is 0 Å². The van der Waals surface area contributed by atoms with E-state index in [9.17, 15) is 4.79 Å². The Morgan fingerprint density at radius 2 is 2.17 bits per heavy atom. The van der Waals surface area contributed by atoms with Crippen molar-refractivity contribution in [1.82, 2.24) is 4.90 Å². The summed E-state index contributed by atoms with van der Waals surface area (Å²) in [5.74, 6) is 0. The number of fused-ring (bicyclic) bond motifs is 5. The second kappa shape index (κ2) is 3.59. The Balaban J connectivity index is 1.95. The Morgan fingerprint density at radius 1 is 1.28 bits per heavy atom. The number of amides is 2. The third-order valence-corrected chi connectivity index (χ3v) is 4.73. The van der Waals surface area contributed by atoms with Crippen molar-refractivity contribution in [3.63, 3.8) is 0 Å². The first-order chi connectivity index (χ1) is 8.84. The first-order valence-corrected chi connectivity index (χ1v) is 6.95. The van der Waals surface area contributed by atoms with E-state index in [0.717, 1.165) is 18.7 Å². The van der Waals surface area contributed by atoms with Crippen LogP contribution in [0.2, 0.25) is 0 Å². The Kier molecular flexibility index (Phi) is 2.02. The van der Waals surface area contributed by atoms with Crippen LogP contribution >= 0.6 is 11.3 Å². The minimum atomic E-state index is 0.0257. The maximum atomic E-state index is 12.1. The zero-order valence-corrected chi connectivity index (χ0v) is 10.5. The standard InChI is InChI=1S/C14H12N2OS/c17-14-15-11-4-2-1-3-10(11)12-13-9(6-8-18-13)5-7-16(12)14/h1-4,6,8,12H,5,7H2,(H,15,17). The largest absolute Gasteiger partial charge is 0.322 e. The molecule has 2 amide bonds. The summed E-state index contributed by atoms with van der Waals surface area (Å²) in [6.07, 6.45) is 0.963. The van der Waals surface area contributed by atoms with Crippen LogP contribution in [0.3, 0.4) is 0 Å². The lowest BCUT2D eigenvalue weighted by atomic mass is 9.93. The molecule has 1 aromatic carbocycles. The summed E-state index contributed by atoms with van der Waals surface area (Å²) < 4.78 is 0. The van der Waals surface area contributed by atoms with Crippen molar-refractivity contribution in [3.8, 4) is 0 Å². The molecule has 0 spiro atoms. The maximum absolute atomic E-state index is 12.1. The van der Waals surface area contributed by atoms with E-state index >= 15 is 0 Å². The minimum absolute atomic E-state index is 0.0257. The van der Waals surface area contributed by atoms with Crippen LogP contribution in [-0.2, 0) is 6.42 Å². The lowest BCUT2D eigenvalue weighted by Crippen LogP contribution is -2.45. The van der Waals surface area contributed by atoms with Crippen molar-refractivity contribution in [2.45, 2.75) is 12.5 Å². The van der Waals surface area contributed by atoms with Crippen molar-refractivity contribution in [2.24, 2.45) is 0 Å². The number of anilines is 1. The molecule has 4 heteroatoms. The molecule has 0 saturated carbocycles. The van der Waals surface area contributed by atoms with Crippen LogP contribution in [0, 0.1) is 0 Å². The molecule has 1 atom stereocenters. The SMILES string of the molecule is O=C1Nc2ccccc2C2c3sccc3CCN12. The summed E-state index contributed by atoms with van der Waals surface area (Å²) in [6.45, 7) is 0.800. The number of para-hydroxylation sites is 1. The smallest absolute Gasteiger partial charge is 0.312 e. The number of hydrogen-bond acceptors (Lipinski definition) is 2. The van der Waals surface area contributed by atoms with Gasteiger partial charge in [-0.15, -0.1) is 11.3 Å². The van der Waals surface area contributed by atoms with E-state index in [-0.39, 0.29) is 12.1 Å². The number of carbonyl (C=O) groups is 1. The summed E-state index contributed by atoms with van der Waals surface area (Å²) in [6, 6.07) is 10.4. The van der Waals surface area contributed by atoms with E-state index in [0.29, 0.717) is 0 Å². The van der Waals surface area contributed by atoms with Gasteiger partial charge in [0.2, 0.25) is 0 Å². The summed E-state index contributed by atoms with van der Waals surface area (Å²) >= 11 is 1.76. The van der Waals surface area contributed by atoms with Gasteiger partial charge in [-0.3, -0.25) is 0 Å². The van der Waals surface area contributed by atoms with Crippen LogP contribution in [0.1, 0.15) is 22.0 Å².